The summed E-state index contributed by atoms with van der Waals surface area (Å²) in [7, 11) is 0. The minimum Gasteiger partial charge on any atom is -0.254 e. The maximum atomic E-state index is 4.63. The van der Waals surface area contributed by atoms with Gasteiger partial charge in [0.25, 0.3) is 0 Å². The second kappa shape index (κ2) is 9.40. The maximum Gasteiger partial charge on any atom is 0.0820 e. The van der Waals surface area contributed by atoms with Gasteiger partial charge >= 0.3 is 0 Å². The van der Waals surface area contributed by atoms with E-state index in [4.69, 9.17) is 0 Å². The van der Waals surface area contributed by atoms with Gasteiger partial charge in [0.2, 0.25) is 0 Å². The minimum absolute atomic E-state index is 0. The summed E-state index contributed by atoms with van der Waals surface area (Å²) in [5.41, 5.74) is 8.29. The van der Waals surface area contributed by atoms with Gasteiger partial charge in [-0.2, -0.15) is 0 Å². The van der Waals surface area contributed by atoms with Gasteiger partial charge in [0.05, 0.1) is 35.2 Å². The average Bonchev–Trinajstić information content (AvgIpc) is 2.61. The molecule has 0 N–H and O–H groups in total. The van der Waals surface area contributed by atoms with Crippen LogP contribution in [-0.2, 0) is 16.8 Å². The first-order chi connectivity index (χ1) is 12.5. The molecule has 27 heavy (non-hydrogen) atoms. The van der Waals surface area contributed by atoms with Gasteiger partial charge in [-0.05, 0) is 62.1 Å². The van der Waals surface area contributed by atoms with Gasteiger partial charge < -0.3 is 0 Å². The number of benzene rings is 2. The van der Waals surface area contributed by atoms with Crippen molar-refractivity contribution in [1.82, 2.24) is 4.98 Å². The van der Waals surface area contributed by atoms with Crippen molar-refractivity contribution in [3.8, 4) is 0 Å². The van der Waals surface area contributed by atoms with Crippen molar-refractivity contribution in [2.45, 2.75) is 27.7 Å². The van der Waals surface area contributed by atoms with Crippen LogP contribution in [0.5, 0.6) is 0 Å². The molecule has 0 bridgehead atoms. The van der Waals surface area contributed by atoms with Crippen LogP contribution in [0, 0.1) is 27.7 Å². The van der Waals surface area contributed by atoms with Crippen LogP contribution in [0.3, 0.4) is 0 Å². The third-order valence-electron chi connectivity index (χ3n) is 4.32. The summed E-state index contributed by atoms with van der Waals surface area (Å²) in [4.78, 5) is 13.9. The van der Waals surface area contributed by atoms with Crippen molar-refractivity contribution in [2.24, 2.45) is 9.98 Å². The van der Waals surface area contributed by atoms with E-state index in [1.165, 1.54) is 0 Å². The smallest absolute Gasteiger partial charge is 0.0820 e. The zero-order valence-electron chi connectivity index (χ0n) is 16.0. The summed E-state index contributed by atoms with van der Waals surface area (Å²) < 4.78 is 0. The monoisotopic (exact) mass is 400 g/mol. The fraction of sp³-hybridized carbons (Fsp3) is 0.174. The third-order valence-corrected chi connectivity index (χ3v) is 4.32. The number of hydrogen-bond acceptors (Lipinski definition) is 3. The van der Waals surface area contributed by atoms with Crippen LogP contribution < -0.4 is 0 Å². The van der Waals surface area contributed by atoms with E-state index in [1.54, 1.807) is 0 Å². The summed E-state index contributed by atoms with van der Waals surface area (Å²) in [6.07, 6.45) is 3.62. The van der Waals surface area contributed by atoms with Crippen molar-refractivity contribution in [1.29, 1.82) is 0 Å². The van der Waals surface area contributed by atoms with E-state index < -0.39 is 0 Å². The molecule has 0 aliphatic rings. The van der Waals surface area contributed by atoms with E-state index >= 15 is 0 Å². The van der Waals surface area contributed by atoms with Gasteiger partial charge in [-0.25, -0.2) is 4.98 Å². The number of hydrogen-bond donors (Lipinski definition) is 0. The molecule has 0 spiro atoms. The number of aryl methyl sites for hydroxylation is 4. The summed E-state index contributed by atoms with van der Waals surface area (Å²) in [6, 6.07) is 18.3. The molecule has 0 fully saturated rings. The molecule has 1 aromatic heterocycles. The zero-order chi connectivity index (χ0) is 18.5. The van der Waals surface area contributed by atoms with Crippen LogP contribution in [0.2, 0.25) is 0 Å². The Hall–Kier alpha value is -2.56. The van der Waals surface area contributed by atoms with Crippen LogP contribution >= 0.6 is 0 Å². The van der Waals surface area contributed by atoms with Crippen molar-refractivity contribution in [3.05, 3.63) is 88.2 Å². The Kier molecular flexibility index (Phi) is 7.22. The molecule has 0 amide bonds. The van der Waals surface area contributed by atoms with Gasteiger partial charge in [0.1, 0.15) is 0 Å². The fourth-order valence-electron chi connectivity index (χ4n) is 2.89. The number of rotatable bonds is 4. The van der Waals surface area contributed by atoms with E-state index in [2.05, 4.69) is 66.9 Å². The summed E-state index contributed by atoms with van der Waals surface area (Å²) in [5, 5.41) is 0. The van der Waals surface area contributed by atoms with E-state index in [1.807, 2.05) is 42.8 Å². The molecule has 0 atom stereocenters. The molecular formula is C23H23CoN3. The van der Waals surface area contributed by atoms with E-state index in [0.29, 0.717) is 0 Å². The number of aromatic nitrogens is 1. The quantitative estimate of drug-likeness (QED) is 0.509. The Labute approximate surface area is 171 Å². The van der Waals surface area contributed by atoms with Crippen LogP contribution in [0.25, 0.3) is 0 Å². The number of aliphatic imine (C=N–C) groups is 2. The first-order valence-corrected chi connectivity index (χ1v) is 8.72. The van der Waals surface area contributed by atoms with E-state index in [9.17, 15) is 0 Å². The molecule has 3 nitrogen and oxygen atoms in total. The molecule has 0 aliphatic heterocycles. The normalized spacial score (nSPS) is 11.1. The molecule has 0 saturated carbocycles. The van der Waals surface area contributed by atoms with Crippen molar-refractivity contribution in [3.63, 3.8) is 0 Å². The van der Waals surface area contributed by atoms with Crippen molar-refractivity contribution in [2.75, 3.05) is 0 Å². The van der Waals surface area contributed by atoms with E-state index in [0.717, 1.165) is 45.0 Å². The van der Waals surface area contributed by atoms with Crippen LogP contribution in [0.1, 0.15) is 33.6 Å². The van der Waals surface area contributed by atoms with Crippen LogP contribution in [0.15, 0.2) is 64.6 Å². The molecule has 0 aliphatic carbocycles. The first kappa shape index (κ1) is 20.7. The van der Waals surface area contributed by atoms with Gasteiger partial charge in [0, 0.05) is 16.8 Å². The molecular weight excluding hydrogens is 377 g/mol. The Morgan fingerprint density at radius 3 is 1.30 bits per heavy atom. The number of pyridine rings is 1. The van der Waals surface area contributed by atoms with Gasteiger partial charge in [-0.1, -0.05) is 42.5 Å². The molecule has 4 heteroatoms. The Balaban J connectivity index is 0.00000261. The first-order valence-electron chi connectivity index (χ1n) is 8.72. The second-order valence-corrected chi connectivity index (χ2v) is 6.48. The fourth-order valence-corrected chi connectivity index (χ4v) is 2.89. The average molecular weight is 400 g/mol. The van der Waals surface area contributed by atoms with Gasteiger partial charge in [-0.15, -0.1) is 0 Å². The Morgan fingerprint density at radius 1 is 0.593 bits per heavy atom. The predicted octanol–water partition coefficient (Wildman–Crippen LogP) is 5.81. The van der Waals surface area contributed by atoms with Crippen molar-refractivity contribution < 1.29 is 16.8 Å². The number of nitrogens with zero attached hydrogens (tertiary/aromatic N) is 3. The topological polar surface area (TPSA) is 37.6 Å². The molecule has 3 aromatic rings. The standard InChI is InChI=1S/C23H23N3.Co/c1-16-8-5-9-17(2)22(16)24-14-20-12-7-13-21(26-20)15-25-23-18(3)10-6-11-19(23)4;/h5-15H,1-4H3;/b24-14+,25-15+;. The predicted molar refractivity (Wildman–Crippen MR) is 111 cm³/mol. The molecule has 0 unspecified atom stereocenters. The molecule has 3 rings (SSSR count). The molecule has 1 radical (unpaired) electrons. The Morgan fingerprint density at radius 2 is 0.926 bits per heavy atom. The third kappa shape index (κ3) is 5.22. The zero-order valence-corrected chi connectivity index (χ0v) is 17.1. The van der Waals surface area contributed by atoms with Gasteiger partial charge in [0.15, 0.2) is 0 Å². The minimum atomic E-state index is 0. The second-order valence-electron chi connectivity index (χ2n) is 6.48. The maximum absolute atomic E-state index is 4.63. The summed E-state index contributed by atoms with van der Waals surface area (Å²) in [6.45, 7) is 8.28. The van der Waals surface area contributed by atoms with Crippen LogP contribution in [-0.4, -0.2) is 17.4 Å². The molecule has 139 valence electrons. The number of para-hydroxylation sites is 2. The van der Waals surface area contributed by atoms with Crippen LogP contribution in [0.4, 0.5) is 11.4 Å². The van der Waals surface area contributed by atoms with Gasteiger partial charge in [-0.3, -0.25) is 9.98 Å². The molecule has 1 heterocycles. The molecule has 2 aromatic carbocycles. The van der Waals surface area contributed by atoms with Crippen molar-refractivity contribution >= 4 is 23.8 Å². The summed E-state index contributed by atoms with van der Waals surface area (Å²) >= 11 is 0. The SMILES string of the molecule is Cc1cccc(C)c1/N=C/c1cccc(/C=N/c2c(C)cccc2C)n1.[Co]. The largest absolute Gasteiger partial charge is 0.254 e. The summed E-state index contributed by atoms with van der Waals surface area (Å²) in [5.74, 6) is 0. The Bertz CT molecular complexity index is 873. The van der Waals surface area contributed by atoms with E-state index in [-0.39, 0.29) is 16.8 Å². The molecule has 0 saturated heterocycles.